The maximum absolute atomic E-state index is 12.8. The zero-order valence-electron chi connectivity index (χ0n) is 13.5. The first-order valence-corrected chi connectivity index (χ1v) is 8.29. The van der Waals surface area contributed by atoms with Crippen LogP contribution in [0.3, 0.4) is 0 Å². The van der Waals surface area contributed by atoms with Crippen LogP contribution in [-0.2, 0) is 24.7 Å². The Morgan fingerprint density at radius 1 is 0.952 bits per heavy atom. The second kappa shape index (κ2) is 6.49. The molecule has 1 aromatic rings. The molecular weight excluding hydrogens is 291 g/mol. The van der Waals surface area contributed by atoms with Gasteiger partial charge in [0, 0.05) is 0 Å². The quantitative estimate of drug-likeness (QED) is 0.801. The standard InChI is InChI=1S/C15H25O5P/c1-14(2,3)19-21(17,20-15(4,5)6)18-11-12-7-9-13(16)10-8-12/h7-10,16H,11H2,1-6H3. The van der Waals surface area contributed by atoms with Gasteiger partial charge < -0.3 is 5.11 Å². The van der Waals surface area contributed by atoms with Crippen LogP contribution in [0.5, 0.6) is 5.75 Å². The summed E-state index contributed by atoms with van der Waals surface area (Å²) in [6.45, 7) is 10.8. The molecule has 0 radical (unpaired) electrons. The van der Waals surface area contributed by atoms with E-state index in [-0.39, 0.29) is 12.4 Å². The number of phenols is 1. The molecule has 0 aliphatic rings. The van der Waals surface area contributed by atoms with Crippen LogP contribution in [0, 0.1) is 0 Å². The molecule has 0 spiro atoms. The Morgan fingerprint density at radius 2 is 1.38 bits per heavy atom. The van der Waals surface area contributed by atoms with E-state index in [4.69, 9.17) is 13.6 Å². The predicted molar refractivity (Wildman–Crippen MR) is 82.2 cm³/mol. The van der Waals surface area contributed by atoms with Crippen molar-refractivity contribution in [1.29, 1.82) is 0 Å². The lowest BCUT2D eigenvalue weighted by molar-refractivity contribution is 0.000857. The van der Waals surface area contributed by atoms with Gasteiger partial charge in [-0.05, 0) is 59.2 Å². The van der Waals surface area contributed by atoms with Crippen molar-refractivity contribution >= 4 is 7.82 Å². The topological polar surface area (TPSA) is 65.0 Å². The molecule has 0 unspecified atom stereocenters. The number of phosphoric acid groups is 1. The Kier molecular flexibility index (Phi) is 5.62. The first kappa shape index (κ1) is 18.2. The van der Waals surface area contributed by atoms with Crippen LogP contribution < -0.4 is 0 Å². The van der Waals surface area contributed by atoms with Gasteiger partial charge in [0.05, 0.1) is 17.8 Å². The molecule has 120 valence electrons. The number of benzene rings is 1. The van der Waals surface area contributed by atoms with Gasteiger partial charge in [-0.2, -0.15) is 0 Å². The van der Waals surface area contributed by atoms with E-state index in [0.29, 0.717) is 0 Å². The molecule has 1 aromatic carbocycles. The Labute approximate surface area is 126 Å². The highest BCUT2D eigenvalue weighted by Crippen LogP contribution is 2.55. The molecule has 0 fully saturated rings. The van der Waals surface area contributed by atoms with Gasteiger partial charge in [-0.1, -0.05) is 12.1 Å². The number of hydrogen-bond donors (Lipinski definition) is 1. The fourth-order valence-corrected chi connectivity index (χ4v) is 3.28. The Morgan fingerprint density at radius 3 is 1.76 bits per heavy atom. The molecule has 6 heteroatoms. The Bertz CT molecular complexity index is 476. The maximum atomic E-state index is 12.8. The minimum atomic E-state index is -3.70. The molecule has 0 heterocycles. The molecule has 0 amide bonds. The first-order valence-electron chi connectivity index (χ1n) is 6.83. The number of phenolic OH excluding ortho intramolecular Hbond substituents is 1. The summed E-state index contributed by atoms with van der Waals surface area (Å²) in [6.07, 6.45) is 0. The Balaban J connectivity index is 2.82. The van der Waals surface area contributed by atoms with Gasteiger partial charge in [-0.3, -0.25) is 13.6 Å². The van der Waals surface area contributed by atoms with E-state index in [1.807, 2.05) is 0 Å². The lowest BCUT2D eigenvalue weighted by Gasteiger charge is -2.30. The second-order valence-corrected chi connectivity index (χ2v) is 8.31. The fourth-order valence-electron chi connectivity index (χ4n) is 1.49. The van der Waals surface area contributed by atoms with Crippen LogP contribution in [0.25, 0.3) is 0 Å². The first-order chi connectivity index (χ1) is 9.39. The van der Waals surface area contributed by atoms with Gasteiger partial charge in [0.2, 0.25) is 0 Å². The van der Waals surface area contributed by atoms with E-state index < -0.39 is 19.0 Å². The van der Waals surface area contributed by atoms with Crippen LogP contribution in [0.4, 0.5) is 0 Å². The highest BCUT2D eigenvalue weighted by atomic mass is 31.2. The third kappa shape index (κ3) is 7.63. The van der Waals surface area contributed by atoms with E-state index in [0.717, 1.165) is 5.56 Å². The lowest BCUT2D eigenvalue weighted by atomic mass is 10.2. The summed E-state index contributed by atoms with van der Waals surface area (Å²) >= 11 is 0. The van der Waals surface area contributed by atoms with E-state index in [9.17, 15) is 9.67 Å². The largest absolute Gasteiger partial charge is 0.508 e. The van der Waals surface area contributed by atoms with Crippen LogP contribution in [0.1, 0.15) is 47.1 Å². The van der Waals surface area contributed by atoms with Crippen LogP contribution >= 0.6 is 7.82 Å². The summed E-state index contributed by atoms with van der Waals surface area (Å²) in [5.74, 6) is 0.166. The summed E-state index contributed by atoms with van der Waals surface area (Å²) in [5.41, 5.74) is -0.547. The highest BCUT2D eigenvalue weighted by molar-refractivity contribution is 7.48. The van der Waals surface area contributed by atoms with Crippen LogP contribution in [0.15, 0.2) is 24.3 Å². The third-order valence-corrected chi connectivity index (χ3v) is 4.08. The summed E-state index contributed by atoms with van der Waals surface area (Å²) in [7, 11) is -3.70. The van der Waals surface area contributed by atoms with Crippen molar-refractivity contribution in [2.24, 2.45) is 0 Å². The number of phosphoric ester groups is 1. The Hall–Kier alpha value is -0.870. The summed E-state index contributed by atoms with van der Waals surface area (Å²) in [4.78, 5) is 0. The van der Waals surface area contributed by atoms with Gasteiger partial charge in [0.1, 0.15) is 5.75 Å². The zero-order chi connectivity index (χ0) is 16.3. The number of rotatable bonds is 5. The number of hydrogen-bond acceptors (Lipinski definition) is 5. The third-order valence-electron chi connectivity index (χ3n) is 2.10. The van der Waals surface area contributed by atoms with Crippen molar-refractivity contribution in [3.8, 4) is 5.75 Å². The average molecular weight is 316 g/mol. The molecule has 21 heavy (non-hydrogen) atoms. The molecule has 0 bridgehead atoms. The summed E-state index contributed by atoms with van der Waals surface area (Å²) < 4.78 is 29.2. The van der Waals surface area contributed by atoms with Crippen molar-refractivity contribution in [3.63, 3.8) is 0 Å². The van der Waals surface area contributed by atoms with E-state index in [1.54, 1.807) is 65.8 Å². The van der Waals surface area contributed by atoms with Crippen molar-refractivity contribution in [2.75, 3.05) is 0 Å². The van der Waals surface area contributed by atoms with Crippen molar-refractivity contribution in [3.05, 3.63) is 29.8 Å². The molecule has 5 nitrogen and oxygen atoms in total. The summed E-state index contributed by atoms with van der Waals surface area (Å²) in [5, 5.41) is 9.25. The average Bonchev–Trinajstić information content (AvgIpc) is 2.23. The van der Waals surface area contributed by atoms with Crippen molar-refractivity contribution in [1.82, 2.24) is 0 Å². The van der Waals surface area contributed by atoms with Crippen LogP contribution in [-0.4, -0.2) is 16.3 Å². The van der Waals surface area contributed by atoms with Gasteiger partial charge in [-0.15, -0.1) is 0 Å². The van der Waals surface area contributed by atoms with Crippen molar-refractivity contribution < 1.29 is 23.2 Å². The van der Waals surface area contributed by atoms with E-state index >= 15 is 0 Å². The summed E-state index contributed by atoms with van der Waals surface area (Å²) in [6, 6.07) is 6.46. The molecule has 0 aromatic heterocycles. The van der Waals surface area contributed by atoms with E-state index in [2.05, 4.69) is 0 Å². The lowest BCUT2D eigenvalue weighted by Crippen LogP contribution is -2.24. The van der Waals surface area contributed by atoms with Crippen LogP contribution in [0.2, 0.25) is 0 Å². The minimum Gasteiger partial charge on any atom is -0.508 e. The molecule has 1 N–H and O–H groups in total. The molecule has 1 rings (SSSR count). The van der Waals surface area contributed by atoms with Gasteiger partial charge in [0.15, 0.2) is 0 Å². The van der Waals surface area contributed by atoms with Gasteiger partial charge in [-0.25, -0.2) is 4.57 Å². The molecular formula is C15H25O5P. The molecule has 0 saturated carbocycles. The zero-order valence-corrected chi connectivity index (χ0v) is 14.4. The molecule has 0 aliphatic heterocycles. The smallest absolute Gasteiger partial charge is 0.476 e. The second-order valence-electron chi connectivity index (χ2n) is 6.79. The highest BCUT2D eigenvalue weighted by Gasteiger charge is 2.37. The van der Waals surface area contributed by atoms with E-state index in [1.165, 1.54) is 0 Å². The van der Waals surface area contributed by atoms with Gasteiger partial charge >= 0.3 is 7.82 Å². The molecule has 0 aliphatic carbocycles. The minimum absolute atomic E-state index is 0.0731. The van der Waals surface area contributed by atoms with Gasteiger partial charge in [0.25, 0.3) is 0 Å². The SMILES string of the molecule is CC(C)(C)OP(=O)(OCc1ccc(O)cc1)OC(C)(C)C. The number of aromatic hydroxyl groups is 1. The maximum Gasteiger partial charge on any atom is 0.476 e. The molecule has 0 atom stereocenters. The van der Waals surface area contributed by atoms with Crippen molar-refractivity contribution in [2.45, 2.75) is 59.4 Å². The fraction of sp³-hybridized carbons (Fsp3) is 0.600. The predicted octanol–water partition coefficient (Wildman–Crippen LogP) is 4.65. The monoisotopic (exact) mass is 316 g/mol. The molecule has 0 saturated heterocycles. The normalized spacial score (nSPS) is 13.4.